The molecule has 6 heteroatoms. The first-order valence-corrected chi connectivity index (χ1v) is 8.54. The topological polar surface area (TPSA) is 84.7 Å². The Morgan fingerprint density at radius 2 is 2.12 bits per heavy atom. The van der Waals surface area contributed by atoms with Gasteiger partial charge in [-0.3, -0.25) is 15.0 Å². The Balaban J connectivity index is 2.07. The molecule has 3 N–H and O–H groups in total. The number of hydrazine groups is 1. The number of hydrogen-bond acceptors (Lipinski definition) is 4. The Bertz CT molecular complexity index is 574. The van der Waals surface area contributed by atoms with Crippen molar-refractivity contribution in [2.24, 2.45) is 17.7 Å². The quantitative estimate of drug-likeness (QED) is 0.473. The van der Waals surface area contributed by atoms with Crippen molar-refractivity contribution in [3.8, 4) is 5.75 Å². The first-order valence-electron chi connectivity index (χ1n) is 8.54. The fourth-order valence-electron chi connectivity index (χ4n) is 2.84. The van der Waals surface area contributed by atoms with Crippen molar-refractivity contribution in [3.05, 3.63) is 29.8 Å². The summed E-state index contributed by atoms with van der Waals surface area (Å²) in [5.74, 6) is 5.81. The van der Waals surface area contributed by atoms with E-state index in [0.29, 0.717) is 36.9 Å². The summed E-state index contributed by atoms with van der Waals surface area (Å²) in [6.07, 6.45) is 2.48. The van der Waals surface area contributed by atoms with E-state index in [1.165, 1.54) is 0 Å². The molecule has 1 aromatic carbocycles. The lowest BCUT2D eigenvalue weighted by atomic mass is 9.96. The van der Waals surface area contributed by atoms with Gasteiger partial charge in [-0.25, -0.2) is 5.84 Å². The summed E-state index contributed by atoms with van der Waals surface area (Å²) in [6.45, 7) is 5.89. The third-order valence-corrected chi connectivity index (χ3v) is 4.29. The zero-order valence-electron chi connectivity index (χ0n) is 14.5. The maximum absolute atomic E-state index is 12.9. The summed E-state index contributed by atoms with van der Waals surface area (Å²) in [5, 5.41) is 0. The monoisotopic (exact) mass is 333 g/mol. The number of benzene rings is 1. The molecule has 132 valence electrons. The summed E-state index contributed by atoms with van der Waals surface area (Å²) < 4.78 is 5.81. The summed E-state index contributed by atoms with van der Waals surface area (Å²) in [6, 6.07) is 7.29. The van der Waals surface area contributed by atoms with Gasteiger partial charge in [-0.15, -0.1) is 0 Å². The second-order valence-corrected chi connectivity index (χ2v) is 6.63. The van der Waals surface area contributed by atoms with E-state index in [1.807, 2.05) is 18.2 Å². The molecule has 2 rings (SSSR count). The Labute approximate surface area is 143 Å². The predicted octanol–water partition coefficient (Wildman–Crippen LogP) is 1.95. The van der Waals surface area contributed by atoms with Crippen LogP contribution < -0.4 is 16.0 Å². The van der Waals surface area contributed by atoms with Crippen LogP contribution >= 0.6 is 0 Å². The van der Waals surface area contributed by atoms with Crippen LogP contribution in [0.1, 0.15) is 43.5 Å². The summed E-state index contributed by atoms with van der Waals surface area (Å²) in [5.41, 5.74) is 2.73. The first kappa shape index (κ1) is 18.3. The van der Waals surface area contributed by atoms with Gasteiger partial charge in [0.15, 0.2) is 0 Å². The maximum atomic E-state index is 12.9. The Kier molecular flexibility index (Phi) is 6.61. The molecule has 24 heavy (non-hydrogen) atoms. The van der Waals surface area contributed by atoms with Crippen molar-refractivity contribution in [2.75, 3.05) is 19.7 Å². The van der Waals surface area contributed by atoms with Gasteiger partial charge < -0.3 is 9.64 Å². The van der Waals surface area contributed by atoms with Gasteiger partial charge in [-0.2, -0.15) is 0 Å². The fraction of sp³-hybridized carbons (Fsp3) is 0.556. The molecule has 0 saturated carbocycles. The third-order valence-electron chi connectivity index (χ3n) is 4.29. The molecule has 1 saturated heterocycles. The van der Waals surface area contributed by atoms with Gasteiger partial charge >= 0.3 is 0 Å². The SMILES string of the molecule is CC(C)CCOc1ccccc1C(=O)N1CCCC(C(=O)NN)C1. The molecule has 6 nitrogen and oxygen atoms in total. The number of carbonyl (C=O) groups excluding carboxylic acids is 2. The van der Waals surface area contributed by atoms with Gasteiger partial charge in [0.1, 0.15) is 5.75 Å². The van der Waals surface area contributed by atoms with Crippen molar-refractivity contribution < 1.29 is 14.3 Å². The normalized spacial score (nSPS) is 17.7. The van der Waals surface area contributed by atoms with Crippen LogP contribution in [0.3, 0.4) is 0 Å². The molecule has 1 aliphatic rings. The van der Waals surface area contributed by atoms with E-state index in [0.717, 1.165) is 19.3 Å². The molecule has 1 aliphatic heterocycles. The number of para-hydroxylation sites is 1. The lowest BCUT2D eigenvalue weighted by Crippen LogP contribution is -2.47. The van der Waals surface area contributed by atoms with Crippen LogP contribution in [0.2, 0.25) is 0 Å². The highest BCUT2D eigenvalue weighted by Gasteiger charge is 2.29. The molecule has 1 fully saturated rings. The van der Waals surface area contributed by atoms with Crippen LogP contribution in [0.25, 0.3) is 0 Å². The van der Waals surface area contributed by atoms with Crippen LogP contribution in [-0.2, 0) is 4.79 Å². The molecule has 1 atom stereocenters. The number of amides is 2. The maximum Gasteiger partial charge on any atom is 0.257 e. The molecular formula is C18H27N3O3. The standard InChI is InChI=1S/C18H27N3O3/c1-13(2)9-11-24-16-8-4-3-7-15(16)18(23)21-10-5-6-14(12-21)17(22)20-19/h3-4,7-8,13-14H,5-6,9-12,19H2,1-2H3,(H,20,22). The lowest BCUT2D eigenvalue weighted by Gasteiger charge is -2.32. The molecule has 1 aromatic rings. The number of ether oxygens (including phenoxy) is 1. The number of piperidine rings is 1. The largest absolute Gasteiger partial charge is 0.493 e. The highest BCUT2D eigenvalue weighted by Crippen LogP contribution is 2.24. The summed E-state index contributed by atoms with van der Waals surface area (Å²) in [7, 11) is 0. The number of likely N-dealkylation sites (tertiary alicyclic amines) is 1. The predicted molar refractivity (Wildman–Crippen MR) is 92.3 cm³/mol. The van der Waals surface area contributed by atoms with Gasteiger partial charge in [-0.05, 0) is 37.3 Å². The Morgan fingerprint density at radius 3 is 2.83 bits per heavy atom. The minimum absolute atomic E-state index is 0.0929. The van der Waals surface area contributed by atoms with Crippen molar-refractivity contribution in [1.29, 1.82) is 0 Å². The first-order chi connectivity index (χ1) is 11.5. The van der Waals surface area contributed by atoms with Gasteiger partial charge in [0.25, 0.3) is 5.91 Å². The minimum atomic E-state index is -0.248. The van der Waals surface area contributed by atoms with Crippen molar-refractivity contribution in [1.82, 2.24) is 10.3 Å². The van der Waals surface area contributed by atoms with Crippen molar-refractivity contribution in [2.45, 2.75) is 33.1 Å². The summed E-state index contributed by atoms with van der Waals surface area (Å²) >= 11 is 0. The van der Waals surface area contributed by atoms with Crippen molar-refractivity contribution >= 4 is 11.8 Å². The number of rotatable bonds is 6. The van der Waals surface area contributed by atoms with Gasteiger partial charge in [0, 0.05) is 13.1 Å². The van der Waals surface area contributed by atoms with E-state index in [9.17, 15) is 9.59 Å². The molecule has 1 unspecified atom stereocenters. The van der Waals surface area contributed by atoms with Crippen molar-refractivity contribution in [3.63, 3.8) is 0 Å². The number of nitrogens with two attached hydrogens (primary N) is 1. The number of carbonyl (C=O) groups is 2. The second-order valence-electron chi connectivity index (χ2n) is 6.63. The van der Waals surface area contributed by atoms with Crippen LogP contribution in [0, 0.1) is 11.8 Å². The van der Waals surface area contributed by atoms with E-state index in [4.69, 9.17) is 10.6 Å². The van der Waals surface area contributed by atoms with E-state index >= 15 is 0 Å². The highest BCUT2D eigenvalue weighted by molar-refractivity contribution is 5.97. The average Bonchev–Trinajstić information content (AvgIpc) is 2.60. The van der Waals surface area contributed by atoms with Crippen LogP contribution in [0.4, 0.5) is 0 Å². The molecule has 0 aliphatic carbocycles. The Hall–Kier alpha value is -2.08. The zero-order chi connectivity index (χ0) is 17.5. The van der Waals surface area contributed by atoms with E-state index in [-0.39, 0.29) is 17.7 Å². The molecule has 0 spiro atoms. The smallest absolute Gasteiger partial charge is 0.257 e. The molecule has 0 radical (unpaired) electrons. The van der Waals surface area contributed by atoms with Gasteiger partial charge in [-0.1, -0.05) is 26.0 Å². The molecule has 1 heterocycles. The zero-order valence-corrected chi connectivity index (χ0v) is 14.5. The van der Waals surface area contributed by atoms with Crippen LogP contribution in [0.15, 0.2) is 24.3 Å². The molecule has 0 aromatic heterocycles. The fourth-order valence-corrected chi connectivity index (χ4v) is 2.84. The molecular weight excluding hydrogens is 306 g/mol. The summed E-state index contributed by atoms with van der Waals surface area (Å²) in [4.78, 5) is 26.3. The Morgan fingerprint density at radius 1 is 1.38 bits per heavy atom. The van der Waals surface area contributed by atoms with Crippen LogP contribution in [0.5, 0.6) is 5.75 Å². The van der Waals surface area contributed by atoms with Gasteiger partial charge in [0.2, 0.25) is 5.91 Å². The third kappa shape index (κ3) is 4.71. The van der Waals surface area contributed by atoms with Crippen LogP contribution in [-0.4, -0.2) is 36.4 Å². The van der Waals surface area contributed by atoms with Gasteiger partial charge in [0.05, 0.1) is 18.1 Å². The lowest BCUT2D eigenvalue weighted by molar-refractivity contribution is -0.126. The number of nitrogens with zero attached hydrogens (tertiary/aromatic N) is 1. The van der Waals surface area contributed by atoms with E-state index in [2.05, 4.69) is 19.3 Å². The number of hydrogen-bond donors (Lipinski definition) is 2. The minimum Gasteiger partial charge on any atom is -0.493 e. The molecule has 2 amide bonds. The molecule has 0 bridgehead atoms. The van der Waals surface area contributed by atoms with E-state index < -0.39 is 0 Å². The highest BCUT2D eigenvalue weighted by atomic mass is 16.5. The number of nitrogens with one attached hydrogen (secondary N) is 1. The second kappa shape index (κ2) is 8.68. The average molecular weight is 333 g/mol. The van der Waals surface area contributed by atoms with E-state index in [1.54, 1.807) is 11.0 Å².